The molecule has 1 N–H and O–H groups in total. The van der Waals surface area contributed by atoms with Crippen LogP contribution in [0.25, 0.3) is 0 Å². The normalized spacial score (nSPS) is 17.3. The summed E-state index contributed by atoms with van der Waals surface area (Å²) in [7, 11) is 1.70. The minimum Gasteiger partial charge on any atom is -0.489 e. The van der Waals surface area contributed by atoms with E-state index in [2.05, 4.69) is 25.6 Å². The van der Waals surface area contributed by atoms with Crippen LogP contribution < -0.4 is 19.7 Å². The summed E-state index contributed by atoms with van der Waals surface area (Å²) in [5.41, 5.74) is 1.96. The van der Waals surface area contributed by atoms with Crippen molar-refractivity contribution >= 4 is 28.9 Å². The number of aromatic nitrogens is 4. The number of anilines is 2. The molecule has 0 aliphatic carbocycles. The van der Waals surface area contributed by atoms with Crippen LogP contribution in [-0.4, -0.2) is 45.4 Å². The van der Waals surface area contributed by atoms with Crippen molar-refractivity contribution in [3.05, 3.63) is 52.6 Å². The monoisotopic (exact) mass is 444 g/mol. The van der Waals surface area contributed by atoms with Gasteiger partial charge in [0.15, 0.2) is 12.4 Å². The van der Waals surface area contributed by atoms with Crippen LogP contribution >= 0.6 is 11.6 Å². The number of carbonyl (C=O) groups excluding carboxylic acids is 1. The number of halogens is 2. The Kier molecular flexibility index (Phi) is 4.85. The number of aryl methyl sites for hydroxylation is 1. The van der Waals surface area contributed by atoms with Crippen molar-refractivity contribution in [2.24, 2.45) is 7.05 Å². The Hall–Kier alpha value is -3.40. The van der Waals surface area contributed by atoms with Crippen molar-refractivity contribution in [3.63, 3.8) is 0 Å². The third kappa shape index (κ3) is 3.74. The van der Waals surface area contributed by atoms with Crippen molar-refractivity contribution in [1.82, 2.24) is 20.2 Å². The van der Waals surface area contributed by atoms with Crippen LogP contribution in [0.1, 0.15) is 11.4 Å². The van der Waals surface area contributed by atoms with Crippen molar-refractivity contribution in [3.8, 4) is 11.5 Å². The summed E-state index contributed by atoms with van der Waals surface area (Å²) >= 11 is 6.62. The number of fused-ring (bicyclic) bond motifs is 2. The molecule has 1 atom stereocenters. The summed E-state index contributed by atoms with van der Waals surface area (Å²) in [6.07, 6.45) is 0.479. The fraction of sp³-hybridized carbons (Fsp3) is 0.300. The number of hydrogen-bond donors (Lipinski definition) is 1. The molecule has 0 spiro atoms. The second kappa shape index (κ2) is 7.69. The predicted molar refractivity (Wildman–Crippen MR) is 110 cm³/mol. The minimum absolute atomic E-state index is 0.0434. The number of benzene rings is 2. The molecule has 1 amide bonds. The third-order valence-corrected chi connectivity index (χ3v) is 5.65. The average molecular weight is 445 g/mol. The Morgan fingerprint density at radius 2 is 2.13 bits per heavy atom. The molecule has 1 aromatic heterocycles. The van der Waals surface area contributed by atoms with Gasteiger partial charge < -0.3 is 19.7 Å². The number of ether oxygens (including phenoxy) is 2. The molecule has 0 saturated carbocycles. The fourth-order valence-electron chi connectivity index (χ4n) is 3.78. The van der Waals surface area contributed by atoms with Gasteiger partial charge in [0, 0.05) is 19.0 Å². The molecular weight excluding hydrogens is 427 g/mol. The second-order valence-electron chi connectivity index (χ2n) is 7.35. The first-order chi connectivity index (χ1) is 15.0. The van der Waals surface area contributed by atoms with Gasteiger partial charge >= 0.3 is 0 Å². The molecule has 0 bridgehead atoms. The van der Waals surface area contributed by atoms with Gasteiger partial charge in [0.25, 0.3) is 5.91 Å². The molecule has 9 nitrogen and oxygen atoms in total. The standard InChI is InChI=1S/C20H18ClFN6O3/c1-27-25-17(24-26-27)7-13-9-30-16-6-12(22)3-4-14(16)28(13)8-11-2-5-15-20(19(11)21)23-18(29)10-31-15/h2-6,13H,7-10H2,1H3,(H,23,29)/t13-/m1/s1. The van der Waals surface area contributed by atoms with E-state index in [9.17, 15) is 9.18 Å². The zero-order valence-corrected chi connectivity index (χ0v) is 17.3. The van der Waals surface area contributed by atoms with E-state index in [0.717, 1.165) is 11.3 Å². The first-order valence-electron chi connectivity index (χ1n) is 9.64. The van der Waals surface area contributed by atoms with Gasteiger partial charge in [-0.05, 0) is 29.0 Å². The molecule has 0 radical (unpaired) electrons. The van der Waals surface area contributed by atoms with Crippen molar-refractivity contribution < 1.29 is 18.7 Å². The van der Waals surface area contributed by atoms with E-state index in [1.807, 2.05) is 6.07 Å². The van der Waals surface area contributed by atoms with E-state index >= 15 is 0 Å². The Bertz CT molecular complexity index is 1170. The van der Waals surface area contributed by atoms with Gasteiger partial charge in [0.2, 0.25) is 0 Å². The Balaban J connectivity index is 1.50. The quantitative estimate of drug-likeness (QED) is 0.660. The summed E-state index contributed by atoms with van der Waals surface area (Å²) in [4.78, 5) is 15.2. The third-order valence-electron chi connectivity index (χ3n) is 5.22. The van der Waals surface area contributed by atoms with Crippen LogP contribution in [0.3, 0.4) is 0 Å². The topological polar surface area (TPSA) is 94.4 Å². The Labute approximate surface area is 181 Å². The van der Waals surface area contributed by atoms with Gasteiger partial charge in [-0.25, -0.2) is 4.39 Å². The van der Waals surface area contributed by atoms with Crippen LogP contribution in [0.2, 0.25) is 5.02 Å². The largest absolute Gasteiger partial charge is 0.489 e. The van der Waals surface area contributed by atoms with E-state index in [4.69, 9.17) is 21.1 Å². The van der Waals surface area contributed by atoms with Crippen LogP contribution in [0.15, 0.2) is 30.3 Å². The van der Waals surface area contributed by atoms with Crippen molar-refractivity contribution in [2.45, 2.75) is 19.0 Å². The molecule has 2 aliphatic rings. The summed E-state index contributed by atoms with van der Waals surface area (Å²) in [5, 5.41) is 15.4. The van der Waals surface area contributed by atoms with E-state index in [1.165, 1.54) is 16.9 Å². The molecule has 0 saturated heterocycles. The van der Waals surface area contributed by atoms with Crippen molar-refractivity contribution in [1.29, 1.82) is 0 Å². The first-order valence-corrected chi connectivity index (χ1v) is 10.0. The zero-order valence-electron chi connectivity index (χ0n) is 16.5. The predicted octanol–water partition coefficient (Wildman–Crippen LogP) is 2.34. The lowest BCUT2D eigenvalue weighted by Gasteiger charge is -2.38. The molecule has 160 valence electrons. The number of nitrogens with zero attached hydrogens (tertiary/aromatic N) is 5. The number of amides is 1. The number of rotatable bonds is 4. The van der Waals surface area contributed by atoms with Gasteiger partial charge in [-0.2, -0.15) is 4.80 Å². The molecule has 2 aliphatic heterocycles. The molecule has 3 aromatic rings. The molecular formula is C20H18ClFN6O3. The van der Waals surface area contributed by atoms with Gasteiger partial charge in [0.1, 0.15) is 29.6 Å². The van der Waals surface area contributed by atoms with Gasteiger partial charge in [-0.1, -0.05) is 17.7 Å². The number of hydrogen-bond acceptors (Lipinski definition) is 7. The maximum Gasteiger partial charge on any atom is 0.262 e. The van der Waals surface area contributed by atoms with Gasteiger partial charge in [0.05, 0.1) is 23.8 Å². The lowest BCUT2D eigenvalue weighted by atomic mass is 10.1. The summed E-state index contributed by atoms with van der Waals surface area (Å²) < 4.78 is 25.0. The van der Waals surface area contributed by atoms with E-state index in [-0.39, 0.29) is 24.4 Å². The molecule has 11 heteroatoms. The highest BCUT2D eigenvalue weighted by Gasteiger charge is 2.31. The molecule has 2 aromatic carbocycles. The van der Waals surface area contributed by atoms with Crippen LogP contribution in [0, 0.1) is 5.82 Å². The summed E-state index contributed by atoms with van der Waals surface area (Å²) in [6, 6.07) is 7.93. The van der Waals surface area contributed by atoms with Crippen LogP contribution in [0.5, 0.6) is 11.5 Å². The lowest BCUT2D eigenvalue weighted by molar-refractivity contribution is -0.118. The number of nitrogens with one attached hydrogen (secondary N) is 1. The van der Waals surface area contributed by atoms with Gasteiger partial charge in [-0.15, -0.1) is 10.2 Å². The smallest absolute Gasteiger partial charge is 0.262 e. The van der Waals surface area contributed by atoms with Crippen molar-refractivity contribution in [2.75, 3.05) is 23.4 Å². The number of tetrazole rings is 1. The Morgan fingerprint density at radius 3 is 2.94 bits per heavy atom. The molecule has 5 rings (SSSR count). The number of carbonyl (C=O) groups is 1. The molecule has 0 fully saturated rings. The fourth-order valence-corrected chi connectivity index (χ4v) is 4.04. The molecule has 0 unspecified atom stereocenters. The minimum atomic E-state index is -0.376. The molecule has 31 heavy (non-hydrogen) atoms. The summed E-state index contributed by atoms with van der Waals surface area (Å²) in [5.74, 6) is 0.917. The SMILES string of the molecule is Cn1nnc(C[C@@H]2COc3cc(F)ccc3N2Cc2ccc3c(c2Cl)NC(=O)CO3)n1. The first kappa shape index (κ1) is 19.6. The van der Waals surface area contributed by atoms with E-state index in [1.54, 1.807) is 19.2 Å². The zero-order chi connectivity index (χ0) is 21.5. The van der Waals surface area contributed by atoms with Crippen LogP contribution in [0.4, 0.5) is 15.8 Å². The Morgan fingerprint density at radius 1 is 1.26 bits per heavy atom. The highest BCUT2D eigenvalue weighted by molar-refractivity contribution is 6.35. The van der Waals surface area contributed by atoms with E-state index in [0.29, 0.717) is 47.6 Å². The lowest BCUT2D eigenvalue weighted by Crippen LogP contribution is -2.44. The van der Waals surface area contributed by atoms with E-state index < -0.39 is 0 Å². The molecule has 3 heterocycles. The highest BCUT2D eigenvalue weighted by atomic mass is 35.5. The average Bonchev–Trinajstić information content (AvgIpc) is 3.16. The highest BCUT2D eigenvalue weighted by Crippen LogP contribution is 2.41. The van der Waals surface area contributed by atoms with Gasteiger partial charge in [-0.3, -0.25) is 4.79 Å². The summed E-state index contributed by atoms with van der Waals surface area (Å²) in [6.45, 7) is 0.671. The van der Waals surface area contributed by atoms with Crippen LogP contribution in [-0.2, 0) is 24.8 Å². The second-order valence-corrected chi connectivity index (χ2v) is 7.73. The maximum absolute atomic E-state index is 13.8. The maximum atomic E-state index is 13.8.